The van der Waals surface area contributed by atoms with Gasteiger partial charge in [-0.1, -0.05) is 104 Å². The lowest BCUT2D eigenvalue weighted by atomic mass is 10.0. The Morgan fingerprint density at radius 3 is 1.41 bits per heavy atom. The van der Waals surface area contributed by atoms with Crippen molar-refractivity contribution >= 4 is 11.9 Å². The van der Waals surface area contributed by atoms with E-state index in [2.05, 4.69) is 24.1 Å². The highest BCUT2D eigenvalue weighted by Gasteiger charge is 2.11. The SMILES string of the molecule is CC(O)C(=O)[O-].CCCCCCCCCCCCCCCCCC(=O)NC(CC)N(C)C. The van der Waals surface area contributed by atoms with Gasteiger partial charge in [0.1, 0.15) is 0 Å². The first-order valence-corrected chi connectivity index (χ1v) is 13.1. The Morgan fingerprint density at radius 2 is 1.12 bits per heavy atom. The Kier molecular flexibility index (Phi) is 25.3. The van der Waals surface area contributed by atoms with Gasteiger partial charge in [-0.15, -0.1) is 0 Å². The zero-order valence-electron chi connectivity index (χ0n) is 21.8. The number of hydrogen-bond donors (Lipinski definition) is 2. The van der Waals surface area contributed by atoms with Crippen LogP contribution in [0.2, 0.25) is 0 Å². The van der Waals surface area contributed by atoms with Crippen LogP contribution in [-0.2, 0) is 9.59 Å². The van der Waals surface area contributed by atoms with Crippen molar-refractivity contribution in [1.82, 2.24) is 10.2 Å². The highest BCUT2D eigenvalue weighted by atomic mass is 16.4. The van der Waals surface area contributed by atoms with Crippen LogP contribution in [0.5, 0.6) is 0 Å². The summed E-state index contributed by atoms with van der Waals surface area (Å²) < 4.78 is 0. The lowest BCUT2D eigenvalue weighted by Crippen LogP contribution is -2.44. The number of carboxylic acids is 1. The van der Waals surface area contributed by atoms with Gasteiger partial charge in [0.25, 0.3) is 0 Å². The van der Waals surface area contributed by atoms with E-state index in [4.69, 9.17) is 5.11 Å². The number of unbranched alkanes of at least 4 members (excludes halogenated alkanes) is 14. The van der Waals surface area contributed by atoms with Gasteiger partial charge in [0.15, 0.2) is 0 Å². The van der Waals surface area contributed by atoms with E-state index in [0.717, 1.165) is 19.8 Å². The number of nitrogens with zero attached hydrogens (tertiary/aromatic N) is 1. The number of carboxylic acid groups (broad SMARTS) is 1. The molecule has 0 saturated heterocycles. The molecule has 6 heteroatoms. The molecule has 0 saturated carbocycles. The maximum Gasteiger partial charge on any atom is 0.221 e. The fraction of sp³-hybridized carbons (Fsp3) is 0.923. The molecule has 6 nitrogen and oxygen atoms in total. The van der Waals surface area contributed by atoms with Crippen LogP contribution in [0.4, 0.5) is 0 Å². The van der Waals surface area contributed by atoms with Crippen molar-refractivity contribution in [3.8, 4) is 0 Å². The molecular weight excluding hydrogens is 404 g/mol. The molecule has 2 N–H and O–H groups in total. The van der Waals surface area contributed by atoms with Gasteiger partial charge in [-0.25, -0.2) is 0 Å². The molecule has 0 spiro atoms. The number of aliphatic carboxylic acids is 1. The lowest BCUT2D eigenvalue weighted by molar-refractivity contribution is -0.314. The minimum atomic E-state index is -1.44. The van der Waals surface area contributed by atoms with E-state index in [1.165, 1.54) is 89.9 Å². The molecule has 0 aromatic heterocycles. The number of carbonyl (C=O) groups is 2. The summed E-state index contributed by atoms with van der Waals surface area (Å²) in [5.74, 6) is -1.23. The maximum absolute atomic E-state index is 11.9. The standard InChI is InChI=1S/C23H48N2O.C3H6O3/c1-5-7-8-9-10-11-12-13-14-15-16-17-18-19-20-21-23(26)24-22(6-2)25(3)4;1-2(4)3(5)6/h22H,5-21H2,1-4H3,(H,24,26);2,4H,1H3,(H,5,6)/p-1. The summed E-state index contributed by atoms with van der Waals surface area (Å²) in [5, 5.41) is 20.4. The third-order valence-electron chi connectivity index (χ3n) is 5.69. The molecule has 0 aromatic rings. The first-order valence-electron chi connectivity index (χ1n) is 13.1. The minimum absolute atomic E-state index is 0.179. The van der Waals surface area contributed by atoms with Crippen molar-refractivity contribution in [3.63, 3.8) is 0 Å². The molecular formula is C26H53N2O4-. The predicted octanol–water partition coefficient (Wildman–Crippen LogP) is 4.78. The largest absolute Gasteiger partial charge is 0.547 e. The van der Waals surface area contributed by atoms with Crippen LogP contribution in [0.3, 0.4) is 0 Å². The van der Waals surface area contributed by atoms with E-state index in [0.29, 0.717) is 6.42 Å². The summed E-state index contributed by atoms with van der Waals surface area (Å²) in [5.41, 5.74) is 0. The molecule has 2 atom stereocenters. The molecule has 0 aliphatic heterocycles. The molecule has 0 aliphatic rings. The second kappa shape index (κ2) is 24.5. The highest BCUT2D eigenvalue weighted by Crippen LogP contribution is 2.13. The molecule has 0 bridgehead atoms. The number of carbonyl (C=O) groups excluding carboxylic acids is 2. The molecule has 0 aliphatic carbocycles. The zero-order valence-corrected chi connectivity index (χ0v) is 21.8. The highest BCUT2D eigenvalue weighted by molar-refractivity contribution is 5.76. The number of hydrogen-bond acceptors (Lipinski definition) is 5. The molecule has 2 unspecified atom stereocenters. The number of amides is 1. The van der Waals surface area contributed by atoms with Crippen LogP contribution in [0.15, 0.2) is 0 Å². The van der Waals surface area contributed by atoms with Gasteiger partial charge in [0.2, 0.25) is 5.91 Å². The van der Waals surface area contributed by atoms with Gasteiger partial charge in [-0.05, 0) is 33.9 Å². The number of aliphatic hydroxyl groups excluding tert-OH is 1. The summed E-state index contributed by atoms with van der Waals surface area (Å²) in [6, 6.07) is 0. The Labute approximate surface area is 198 Å². The van der Waals surface area contributed by atoms with Gasteiger partial charge in [0, 0.05) is 6.42 Å². The van der Waals surface area contributed by atoms with Crippen LogP contribution in [0, 0.1) is 0 Å². The first kappa shape index (κ1) is 33.0. The van der Waals surface area contributed by atoms with Crippen molar-refractivity contribution in [2.75, 3.05) is 14.1 Å². The second-order valence-electron chi connectivity index (χ2n) is 9.15. The van der Waals surface area contributed by atoms with E-state index in [-0.39, 0.29) is 12.1 Å². The van der Waals surface area contributed by atoms with E-state index >= 15 is 0 Å². The van der Waals surface area contributed by atoms with E-state index in [1.807, 2.05) is 14.1 Å². The van der Waals surface area contributed by atoms with Crippen molar-refractivity contribution in [1.29, 1.82) is 0 Å². The number of nitrogens with one attached hydrogen (secondary N) is 1. The predicted molar refractivity (Wildman–Crippen MR) is 132 cm³/mol. The van der Waals surface area contributed by atoms with Crippen LogP contribution in [0.25, 0.3) is 0 Å². The minimum Gasteiger partial charge on any atom is -0.547 e. The van der Waals surface area contributed by atoms with Gasteiger partial charge in [-0.2, -0.15) is 0 Å². The van der Waals surface area contributed by atoms with Crippen LogP contribution in [0.1, 0.15) is 130 Å². The smallest absolute Gasteiger partial charge is 0.221 e. The monoisotopic (exact) mass is 457 g/mol. The Hall–Kier alpha value is -1.14. The average Bonchev–Trinajstić information content (AvgIpc) is 2.74. The van der Waals surface area contributed by atoms with Crippen molar-refractivity contribution in [2.45, 2.75) is 142 Å². The molecule has 0 aromatic carbocycles. The summed E-state index contributed by atoms with van der Waals surface area (Å²) in [6.07, 6.45) is 20.9. The quantitative estimate of drug-likeness (QED) is 0.203. The van der Waals surface area contributed by atoms with Crippen LogP contribution < -0.4 is 10.4 Å². The molecule has 32 heavy (non-hydrogen) atoms. The second-order valence-corrected chi connectivity index (χ2v) is 9.15. The fourth-order valence-corrected chi connectivity index (χ4v) is 3.51. The molecule has 0 heterocycles. The third-order valence-corrected chi connectivity index (χ3v) is 5.69. The Morgan fingerprint density at radius 1 is 0.781 bits per heavy atom. The van der Waals surface area contributed by atoms with Gasteiger partial charge in [0.05, 0.1) is 18.2 Å². The third kappa shape index (κ3) is 25.1. The normalized spacial score (nSPS) is 12.7. The number of aliphatic hydroxyl groups is 1. The Balaban J connectivity index is 0. The molecule has 192 valence electrons. The summed E-state index contributed by atoms with van der Waals surface area (Å²) >= 11 is 0. The maximum atomic E-state index is 11.9. The molecule has 0 fully saturated rings. The first-order chi connectivity index (χ1) is 15.3. The summed E-state index contributed by atoms with van der Waals surface area (Å²) in [4.78, 5) is 23.3. The molecule has 1 amide bonds. The van der Waals surface area contributed by atoms with Gasteiger partial charge < -0.3 is 20.3 Å². The van der Waals surface area contributed by atoms with Crippen molar-refractivity contribution in [2.24, 2.45) is 0 Å². The van der Waals surface area contributed by atoms with E-state index < -0.39 is 12.1 Å². The topological polar surface area (TPSA) is 92.7 Å². The van der Waals surface area contributed by atoms with E-state index in [1.54, 1.807) is 0 Å². The molecule has 0 rings (SSSR count). The van der Waals surface area contributed by atoms with Crippen molar-refractivity contribution in [3.05, 3.63) is 0 Å². The van der Waals surface area contributed by atoms with Crippen LogP contribution >= 0.6 is 0 Å². The van der Waals surface area contributed by atoms with E-state index in [9.17, 15) is 14.7 Å². The lowest BCUT2D eigenvalue weighted by Gasteiger charge is -2.23. The summed E-state index contributed by atoms with van der Waals surface area (Å²) in [6.45, 7) is 5.53. The average molecular weight is 458 g/mol. The number of rotatable bonds is 20. The fourth-order valence-electron chi connectivity index (χ4n) is 3.51. The van der Waals surface area contributed by atoms with Gasteiger partial charge >= 0.3 is 0 Å². The summed E-state index contributed by atoms with van der Waals surface area (Å²) in [7, 11) is 4.03. The van der Waals surface area contributed by atoms with Gasteiger partial charge in [-0.3, -0.25) is 9.69 Å². The Bertz CT molecular complexity index is 428. The van der Waals surface area contributed by atoms with Crippen LogP contribution in [-0.4, -0.2) is 48.2 Å². The molecule has 0 radical (unpaired) electrons. The van der Waals surface area contributed by atoms with Crippen molar-refractivity contribution < 1.29 is 19.8 Å². The zero-order chi connectivity index (χ0) is 24.6.